The van der Waals surface area contributed by atoms with Crippen molar-refractivity contribution in [2.24, 2.45) is 0 Å². The number of fused-ring (bicyclic) bond motifs is 1. The fraction of sp³-hybridized carbons (Fsp3) is 0.516. The van der Waals surface area contributed by atoms with Crippen LogP contribution in [0, 0.1) is 0 Å². The molecule has 43 heavy (non-hydrogen) atoms. The van der Waals surface area contributed by atoms with Crippen molar-refractivity contribution in [1.29, 1.82) is 0 Å². The number of methoxy groups -OCH3 is 2. The fourth-order valence-electron chi connectivity index (χ4n) is 5.15. The third-order valence-electron chi connectivity index (χ3n) is 7.19. The third-order valence-corrected chi connectivity index (χ3v) is 7.19. The molecule has 0 saturated carbocycles. The van der Waals surface area contributed by atoms with Crippen LogP contribution in [0.5, 0.6) is 0 Å². The minimum absolute atomic E-state index is 0.0403. The van der Waals surface area contributed by atoms with Gasteiger partial charge in [-0.25, -0.2) is 14.4 Å². The van der Waals surface area contributed by atoms with Gasteiger partial charge in [0, 0.05) is 13.2 Å². The fourth-order valence-corrected chi connectivity index (χ4v) is 5.15. The SMILES string of the molecule is COC(=O)[C@H](CC[C@@H](C[C@H]1O[C@@H](OC)C2OC(C)(C)OC21)NC(=O)OCc1ccccc1)NC(=O)OCc1ccccc1. The van der Waals surface area contributed by atoms with Crippen molar-refractivity contribution in [1.82, 2.24) is 10.6 Å². The summed E-state index contributed by atoms with van der Waals surface area (Å²) in [4.78, 5) is 38.0. The van der Waals surface area contributed by atoms with Crippen molar-refractivity contribution in [3.8, 4) is 0 Å². The number of ether oxygens (including phenoxy) is 7. The number of carbonyl (C=O) groups is 3. The lowest BCUT2D eigenvalue weighted by atomic mass is 9.98. The van der Waals surface area contributed by atoms with Crippen LogP contribution >= 0.6 is 0 Å². The number of esters is 1. The molecule has 12 heteroatoms. The quantitative estimate of drug-likeness (QED) is 0.258. The summed E-state index contributed by atoms with van der Waals surface area (Å²) in [5.74, 6) is -1.47. The Hall–Kier alpha value is -3.71. The maximum absolute atomic E-state index is 12.8. The Morgan fingerprint density at radius 1 is 0.814 bits per heavy atom. The average molecular weight is 601 g/mol. The van der Waals surface area contributed by atoms with Crippen molar-refractivity contribution in [3.05, 3.63) is 71.8 Å². The van der Waals surface area contributed by atoms with Gasteiger partial charge in [0.05, 0.1) is 13.2 Å². The second kappa shape index (κ2) is 15.1. The van der Waals surface area contributed by atoms with E-state index in [-0.39, 0.29) is 26.1 Å². The molecule has 2 aliphatic heterocycles. The molecule has 12 nitrogen and oxygen atoms in total. The zero-order chi connectivity index (χ0) is 30.8. The van der Waals surface area contributed by atoms with Gasteiger partial charge >= 0.3 is 18.2 Å². The van der Waals surface area contributed by atoms with Crippen LogP contribution in [0.1, 0.15) is 44.2 Å². The Morgan fingerprint density at radius 2 is 1.37 bits per heavy atom. The lowest BCUT2D eigenvalue weighted by Crippen LogP contribution is -2.45. The molecule has 4 rings (SSSR count). The Labute approximate surface area is 251 Å². The van der Waals surface area contributed by atoms with E-state index >= 15 is 0 Å². The van der Waals surface area contributed by atoms with Crippen LogP contribution in [-0.2, 0) is 51.2 Å². The van der Waals surface area contributed by atoms with Crippen LogP contribution < -0.4 is 10.6 Å². The first-order valence-corrected chi connectivity index (χ1v) is 14.2. The normalized spacial score (nSPS) is 23.4. The van der Waals surface area contributed by atoms with Gasteiger partial charge in [-0.2, -0.15) is 0 Å². The molecule has 2 saturated heterocycles. The van der Waals surface area contributed by atoms with E-state index in [1.54, 1.807) is 0 Å². The minimum atomic E-state index is -1.02. The first-order valence-electron chi connectivity index (χ1n) is 14.2. The maximum Gasteiger partial charge on any atom is 0.408 e. The van der Waals surface area contributed by atoms with Crippen LogP contribution in [-0.4, -0.2) is 74.8 Å². The van der Waals surface area contributed by atoms with Crippen molar-refractivity contribution in [3.63, 3.8) is 0 Å². The molecule has 0 aromatic heterocycles. The van der Waals surface area contributed by atoms with E-state index in [1.165, 1.54) is 14.2 Å². The van der Waals surface area contributed by atoms with Gasteiger partial charge in [-0.3, -0.25) is 0 Å². The third kappa shape index (κ3) is 9.39. The first-order chi connectivity index (χ1) is 20.7. The minimum Gasteiger partial charge on any atom is -0.467 e. The molecule has 2 aromatic carbocycles. The smallest absolute Gasteiger partial charge is 0.408 e. The van der Waals surface area contributed by atoms with Crippen molar-refractivity contribution in [2.45, 2.75) is 88.8 Å². The van der Waals surface area contributed by atoms with E-state index in [0.29, 0.717) is 6.42 Å². The van der Waals surface area contributed by atoms with Gasteiger partial charge in [-0.1, -0.05) is 60.7 Å². The Bertz CT molecular complexity index is 1200. The molecule has 2 fully saturated rings. The number of amides is 2. The number of benzene rings is 2. The molecule has 6 atom stereocenters. The number of hydrogen-bond acceptors (Lipinski definition) is 10. The predicted molar refractivity (Wildman–Crippen MR) is 152 cm³/mol. The monoisotopic (exact) mass is 600 g/mol. The first kappa shape index (κ1) is 32.2. The summed E-state index contributed by atoms with van der Waals surface area (Å²) in [5, 5.41) is 5.46. The van der Waals surface area contributed by atoms with E-state index in [1.807, 2.05) is 74.5 Å². The molecule has 2 aliphatic rings. The second-order valence-corrected chi connectivity index (χ2v) is 10.8. The van der Waals surface area contributed by atoms with Crippen molar-refractivity contribution < 1.29 is 47.5 Å². The average Bonchev–Trinajstić information content (AvgIpc) is 3.49. The predicted octanol–water partition coefficient (Wildman–Crippen LogP) is 3.81. The van der Waals surface area contributed by atoms with Crippen LogP contribution in [0.4, 0.5) is 9.59 Å². The molecule has 0 radical (unpaired) electrons. The van der Waals surface area contributed by atoms with Gasteiger partial charge in [0.15, 0.2) is 12.1 Å². The summed E-state index contributed by atoms with van der Waals surface area (Å²) < 4.78 is 39.3. The lowest BCUT2D eigenvalue weighted by Gasteiger charge is -2.27. The van der Waals surface area contributed by atoms with Crippen LogP contribution in [0.15, 0.2) is 60.7 Å². The zero-order valence-electron chi connectivity index (χ0n) is 24.9. The topological polar surface area (TPSA) is 140 Å². The lowest BCUT2D eigenvalue weighted by molar-refractivity contribution is -0.228. The van der Waals surface area contributed by atoms with E-state index in [9.17, 15) is 14.4 Å². The molecule has 2 aromatic rings. The van der Waals surface area contributed by atoms with E-state index in [2.05, 4.69) is 10.6 Å². The molecule has 2 unspecified atom stereocenters. The number of alkyl carbamates (subject to hydrolysis) is 2. The largest absolute Gasteiger partial charge is 0.467 e. The summed E-state index contributed by atoms with van der Waals surface area (Å²) in [6, 6.07) is 16.9. The molecule has 0 bridgehead atoms. The van der Waals surface area contributed by atoms with Gasteiger partial charge in [-0.05, 0) is 44.2 Å². The van der Waals surface area contributed by atoms with Crippen LogP contribution in [0.2, 0.25) is 0 Å². The molecule has 2 heterocycles. The van der Waals surface area contributed by atoms with Gasteiger partial charge < -0.3 is 43.8 Å². The number of carbonyl (C=O) groups excluding carboxylic acids is 3. The van der Waals surface area contributed by atoms with E-state index in [4.69, 9.17) is 33.2 Å². The highest BCUT2D eigenvalue weighted by Gasteiger charge is 2.55. The maximum atomic E-state index is 12.8. The van der Waals surface area contributed by atoms with Gasteiger partial charge in [0.2, 0.25) is 0 Å². The van der Waals surface area contributed by atoms with Crippen molar-refractivity contribution >= 4 is 18.2 Å². The van der Waals surface area contributed by atoms with Gasteiger partial charge in [0.1, 0.15) is 31.5 Å². The van der Waals surface area contributed by atoms with E-state index < -0.39 is 60.6 Å². The summed E-state index contributed by atoms with van der Waals surface area (Å²) in [6.45, 7) is 3.75. The van der Waals surface area contributed by atoms with Crippen LogP contribution in [0.25, 0.3) is 0 Å². The highest BCUT2D eigenvalue weighted by atomic mass is 16.8. The Kier molecular flexibility index (Phi) is 11.3. The van der Waals surface area contributed by atoms with Gasteiger partial charge in [0.25, 0.3) is 0 Å². The Morgan fingerprint density at radius 3 is 1.93 bits per heavy atom. The summed E-state index contributed by atoms with van der Waals surface area (Å²) in [5.41, 5.74) is 1.64. The Balaban J connectivity index is 1.40. The standard InChI is InChI=1S/C31H40N2O10/c1-31(2)42-25-24(41-28(38-4)26(25)43-31)17-22(32-29(35)39-18-20-11-7-5-8-12-20)15-16-23(27(34)37-3)33-30(36)40-19-21-13-9-6-10-14-21/h5-14,22-26,28H,15-19H2,1-4H3,(H,32,35)(H,33,36)/t22-,23-,24+,25?,26?,28+/m0/s1. The number of nitrogens with one attached hydrogen (secondary N) is 2. The highest BCUT2D eigenvalue weighted by Crippen LogP contribution is 2.40. The van der Waals surface area contributed by atoms with Crippen LogP contribution in [0.3, 0.4) is 0 Å². The molecule has 234 valence electrons. The summed E-state index contributed by atoms with van der Waals surface area (Å²) in [7, 11) is 2.76. The van der Waals surface area contributed by atoms with E-state index in [0.717, 1.165) is 11.1 Å². The number of hydrogen-bond donors (Lipinski definition) is 2. The molecular formula is C31H40N2O10. The second-order valence-electron chi connectivity index (χ2n) is 10.8. The molecule has 0 aliphatic carbocycles. The molecular weight excluding hydrogens is 560 g/mol. The summed E-state index contributed by atoms with van der Waals surface area (Å²) in [6.07, 6.45) is -2.73. The zero-order valence-corrected chi connectivity index (χ0v) is 24.9. The molecule has 2 N–H and O–H groups in total. The number of rotatable bonds is 13. The van der Waals surface area contributed by atoms with Gasteiger partial charge in [-0.15, -0.1) is 0 Å². The summed E-state index contributed by atoms with van der Waals surface area (Å²) >= 11 is 0. The molecule has 2 amide bonds. The van der Waals surface area contributed by atoms with Crippen molar-refractivity contribution in [2.75, 3.05) is 14.2 Å². The highest BCUT2D eigenvalue weighted by molar-refractivity contribution is 5.81. The molecule has 0 spiro atoms.